The Bertz CT molecular complexity index is 467. The maximum atomic E-state index is 13.1. The lowest BCUT2D eigenvalue weighted by Crippen LogP contribution is -2.30. The molecule has 19 heavy (non-hydrogen) atoms. The maximum Gasteiger partial charge on any atom is 0.227 e. The minimum Gasteiger partial charge on any atom is -0.342 e. The van der Waals surface area contributed by atoms with E-state index in [1.165, 1.54) is 6.07 Å². The van der Waals surface area contributed by atoms with Crippen molar-refractivity contribution in [3.05, 3.63) is 35.4 Å². The first-order valence-corrected chi connectivity index (χ1v) is 7.50. The van der Waals surface area contributed by atoms with Crippen molar-refractivity contribution in [1.29, 1.82) is 0 Å². The van der Waals surface area contributed by atoms with Gasteiger partial charge < -0.3 is 4.90 Å². The molecule has 0 bridgehead atoms. The Morgan fingerprint density at radius 3 is 2.84 bits per heavy atom. The number of hydrogen-bond donors (Lipinski definition) is 0. The van der Waals surface area contributed by atoms with E-state index in [2.05, 4.69) is 15.9 Å². The van der Waals surface area contributed by atoms with Crippen LogP contribution in [0, 0.1) is 17.6 Å². The molecule has 104 valence electrons. The Morgan fingerprint density at radius 2 is 2.16 bits per heavy atom. The van der Waals surface area contributed by atoms with E-state index in [0.717, 1.165) is 43.4 Å². The number of hydrogen-bond acceptors (Lipinski definition) is 1. The van der Waals surface area contributed by atoms with Gasteiger partial charge in [0, 0.05) is 18.4 Å². The van der Waals surface area contributed by atoms with Crippen molar-refractivity contribution in [1.82, 2.24) is 4.90 Å². The fourth-order valence-electron chi connectivity index (χ4n) is 2.39. The molecule has 0 N–H and O–H groups in total. The molecule has 2 rings (SSSR count). The van der Waals surface area contributed by atoms with Gasteiger partial charge in [-0.25, -0.2) is 8.78 Å². The van der Waals surface area contributed by atoms with Gasteiger partial charge in [0.1, 0.15) is 0 Å². The van der Waals surface area contributed by atoms with Gasteiger partial charge in [0.05, 0.1) is 6.42 Å². The van der Waals surface area contributed by atoms with Gasteiger partial charge in [-0.2, -0.15) is 0 Å². The third-order valence-electron chi connectivity index (χ3n) is 3.50. The SMILES string of the molecule is O=C(Cc1ccc(F)c(F)c1)N1CCC(CCBr)C1. The number of benzene rings is 1. The minimum absolute atomic E-state index is 0.0110. The molecule has 1 heterocycles. The number of carbonyl (C=O) groups excluding carboxylic acids is 1. The molecule has 1 unspecified atom stereocenters. The molecule has 0 aromatic heterocycles. The van der Waals surface area contributed by atoms with E-state index in [-0.39, 0.29) is 12.3 Å². The highest BCUT2D eigenvalue weighted by Crippen LogP contribution is 2.21. The second-order valence-corrected chi connectivity index (χ2v) is 5.69. The molecule has 1 fully saturated rings. The number of likely N-dealkylation sites (tertiary alicyclic amines) is 1. The Balaban J connectivity index is 1.92. The van der Waals surface area contributed by atoms with Crippen molar-refractivity contribution in [3.8, 4) is 0 Å². The Hall–Kier alpha value is -0.970. The summed E-state index contributed by atoms with van der Waals surface area (Å²) in [6.07, 6.45) is 2.22. The second kappa shape index (κ2) is 6.46. The van der Waals surface area contributed by atoms with Gasteiger partial charge in [-0.05, 0) is 36.5 Å². The normalized spacial score (nSPS) is 18.9. The van der Waals surface area contributed by atoms with Gasteiger partial charge in [-0.3, -0.25) is 4.79 Å². The predicted molar refractivity (Wildman–Crippen MR) is 73.2 cm³/mol. The van der Waals surface area contributed by atoms with Crippen LogP contribution in [0.2, 0.25) is 0 Å². The summed E-state index contributed by atoms with van der Waals surface area (Å²) in [6.45, 7) is 1.54. The average molecular weight is 332 g/mol. The van der Waals surface area contributed by atoms with Crippen LogP contribution in [0.25, 0.3) is 0 Å². The molecule has 1 saturated heterocycles. The van der Waals surface area contributed by atoms with Crippen molar-refractivity contribution in [2.24, 2.45) is 5.92 Å². The van der Waals surface area contributed by atoms with Crippen molar-refractivity contribution in [2.45, 2.75) is 19.3 Å². The molecular weight excluding hydrogens is 316 g/mol. The van der Waals surface area contributed by atoms with Crippen LogP contribution < -0.4 is 0 Å². The molecule has 0 saturated carbocycles. The summed E-state index contributed by atoms with van der Waals surface area (Å²) in [5, 5.41) is 0.947. The number of rotatable bonds is 4. The standard InChI is InChI=1S/C14H16BrF2NO/c15-5-3-10-4-6-18(9-10)14(19)8-11-1-2-12(16)13(17)7-11/h1-2,7,10H,3-6,8-9H2. The number of amides is 1. The zero-order chi connectivity index (χ0) is 13.8. The van der Waals surface area contributed by atoms with E-state index >= 15 is 0 Å². The van der Waals surface area contributed by atoms with Gasteiger partial charge in [-0.1, -0.05) is 22.0 Å². The molecule has 2 nitrogen and oxygen atoms in total. The molecule has 0 radical (unpaired) electrons. The van der Waals surface area contributed by atoms with Crippen LogP contribution >= 0.6 is 15.9 Å². The van der Waals surface area contributed by atoms with Crippen molar-refractivity contribution < 1.29 is 13.6 Å². The van der Waals surface area contributed by atoms with Crippen LogP contribution in [-0.2, 0) is 11.2 Å². The van der Waals surface area contributed by atoms with Gasteiger partial charge >= 0.3 is 0 Å². The quantitative estimate of drug-likeness (QED) is 0.776. The van der Waals surface area contributed by atoms with Crippen molar-refractivity contribution >= 4 is 21.8 Å². The highest BCUT2D eigenvalue weighted by atomic mass is 79.9. The fraction of sp³-hybridized carbons (Fsp3) is 0.500. The second-order valence-electron chi connectivity index (χ2n) is 4.90. The number of nitrogens with zero attached hydrogens (tertiary/aromatic N) is 1. The van der Waals surface area contributed by atoms with Crippen LogP contribution in [0.15, 0.2) is 18.2 Å². The predicted octanol–water partition coefficient (Wildman–Crippen LogP) is 3.14. The molecule has 1 aliphatic rings. The summed E-state index contributed by atoms with van der Waals surface area (Å²) in [6, 6.07) is 3.62. The van der Waals surface area contributed by atoms with Gasteiger partial charge in [-0.15, -0.1) is 0 Å². The number of alkyl halides is 1. The number of halogens is 3. The van der Waals surface area contributed by atoms with Gasteiger partial charge in [0.2, 0.25) is 5.91 Å². The Kier molecular flexibility index (Phi) is 4.91. The molecule has 1 aromatic rings. The summed E-state index contributed by atoms with van der Waals surface area (Å²) in [5.41, 5.74) is 0.521. The summed E-state index contributed by atoms with van der Waals surface area (Å²) < 4.78 is 25.9. The average Bonchev–Trinajstić information content (AvgIpc) is 2.83. The zero-order valence-corrected chi connectivity index (χ0v) is 12.1. The summed E-state index contributed by atoms with van der Waals surface area (Å²) >= 11 is 3.40. The molecule has 1 atom stereocenters. The van der Waals surface area contributed by atoms with Crippen LogP contribution in [-0.4, -0.2) is 29.2 Å². The summed E-state index contributed by atoms with van der Waals surface area (Å²) in [4.78, 5) is 13.9. The van der Waals surface area contributed by atoms with Crippen molar-refractivity contribution in [2.75, 3.05) is 18.4 Å². The Labute approximate surface area is 119 Å². The van der Waals surface area contributed by atoms with E-state index in [1.807, 2.05) is 4.90 Å². The zero-order valence-electron chi connectivity index (χ0n) is 10.5. The van der Waals surface area contributed by atoms with Crippen LogP contribution in [0.1, 0.15) is 18.4 Å². The first-order valence-electron chi connectivity index (χ1n) is 6.38. The maximum absolute atomic E-state index is 13.1. The molecule has 1 aliphatic heterocycles. The highest BCUT2D eigenvalue weighted by Gasteiger charge is 2.25. The van der Waals surface area contributed by atoms with E-state index in [1.54, 1.807) is 0 Å². The summed E-state index contributed by atoms with van der Waals surface area (Å²) in [7, 11) is 0. The fourth-order valence-corrected chi connectivity index (χ4v) is 3.03. The van der Waals surface area contributed by atoms with E-state index in [0.29, 0.717) is 11.5 Å². The highest BCUT2D eigenvalue weighted by molar-refractivity contribution is 9.09. The first kappa shape index (κ1) is 14.4. The lowest BCUT2D eigenvalue weighted by atomic mass is 10.1. The summed E-state index contributed by atoms with van der Waals surface area (Å²) in [5.74, 6) is -1.24. The molecule has 0 aliphatic carbocycles. The van der Waals surface area contributed by atoms with Crippen LogP contribution in [0.4, 0.5) is 8.78 Å². The molecule has 0 spiro atoms. The molecule has 1 aromatic carbocycles. The minimum atomic E-state index is -0.899. The third-order valence-corrected chi connectivity index (χ3v) is 3.95. The van der Waals surface area contributed by atoms with E-state index in [4.69, 9.17) is 0 Å². The first-order chi connectivity index (χ1) is 9.10. The molecule has 5 heteroatoms. The van der Waals surface area contributed by atoms with Gasteiger partial charge in [0.15, 0.2) is 11.6 Å². The van der Waals surface area contributed by atoms with E-state index in [9.17, 15) is 13.6 Å². The number of carbonyl (C=O) groups is 1. The lowest BCUT2D eigenvalue weighted by Gasteiger charge is -2.16. The monoisotopic (exact) mass is 331 g/mol. The largest absolute Gasteiger partial charge is 0.342 e. The topological polar surface area (TPSA) is 20.3 Å². The molecule has 1 amide bonds. The van der Waals surface area contributed by atoms with Crippen molar-refractivity contribution in [3.63, 3.8) is 0 Å². The smallest absolute Gasteiger partial charge is 0.227 e. The Morgan fingerprint density at radius 1 is 1.37 bits per heavy atom. The third kappa shape index (κ3) is 3.75. The van der Waals surface area contributed by atoms with Crippen LogP contribution in [0.5, 0.6) is 0 Å². The lowest BCUT2D eigenvalue weighted by molar-refractivity contribution is -0.129. The van der Waals surface area contributed by atoms with Crippen LogP contribution in [0.3, 0.4) is 0 Å². The molecular formula is C14H16BrF2NO. The van der Waals surface area contributed by atoms with E-state index < -0.39 is 11.6 Å². The van der Waals surface area contributed by atoms with Gasteiger partial charge in [0.25, 0.3) is 0 Å².